The van der Waals surface area contributed by atoms with Crippen LogP contribution >= 0.6 is 0 Å². The fourth-order valence-corrected chi connectivity index (χ4v) is 1.98. The molecular weight excluding hydrogens is 268 g/mol. The van der Waals surface area contributed by atoms with Gasteiger partial charge in [-0.15, -0.1) is 0 Å². The van der Waals surface area contributed by atoms with Gasteiger partial charge >= 0.3 is 0 Å². The summed E-state index contributed by atoms with van der Waals surface area (Å²) in [5, 5.41) is 0. The van der Waals surface area contributed by atoms with Crippen LogP contribution < -0.4 is 0 Å². The van der Waals surface area contributed by atoms with E-state index in [2.05, 4.69) is 11.8 Å². The zero-order chi connectivity index (χ0) is 14.7. The van der Waals surface area contributed by atoms with Gasteiger partial charge in [0.05, 0.1) is 5.56 Å². The highest BCUT2D eigenvalue weighted by Gasteiger charge is 2.04. The average molecular weight is 279 g/mol. The van der Waals surface area contributed by atoms with Gasteiger partial charge in [0.15, 0.2) is 0 Å². The maximum atomic E-state index is 13.5. The Morgan fingerprint density at radius 1 is 0.714 bits per heavy atom. The van der Waals surface area contributed by atoms with Crippen LogP contribution in [0.15, 0.2) is 67.0 Å². The molecule has 1 heterocycles. The zero-order valence-electron chi connectivity index (χ0n) is 11.1. The highest BCUT2D eigenvalue weighted by atomic mass is 19.1. The average Bonchev–Trinajstić information content (AvgIpc) is 3.02. The van der Waals surface area contributed by atoms with E-state index in [1.165, 1.54) is 18.2 Å². The minimum Gasteiger partial charge on any atom is -0.324 e. The first-order chi connectivity index (χ1) is 10.2. The number of halogens is 2. The summed E-state index contributed by atoms with van der Waals surface area (Å²) < 4.78 is 28.9. The van der Waals surface area contributed by atoms with Crippen LogP contribution in [0.25, 0.3) is 5.69 Å². The molecule has 3 rings (SSSR count). The fourth-order valence-electron chi connectivity index (χ4n) is 1.98. The van der Waals surface area contributed by atoms with E-state index < -0.39 is 11.6 Å². The normalized spacial score (nSPS) is 10.0. The van der Waals surface area contributed by atoms with E-state index >= 15 is 0 Å². The lowest BCUT2D eigenvalue weighted by atomic mass is 10.1. The predicted octanol–water partition coefficient (Wildman–Crippen LogP) is 4.16. The predicted molar refractivity (Wildman–Crippen MR) is 78.1 cm³/mol. The van der Waals surface area contributed by atoms with Crippen molar-refractivity contribution in [3.63, 3.8) is 0 Å². The topological polar surface area (TPSA) is 4.93 Å². The van der Waals surface area contributed by atoms with Gasteiger partial charge in [0.1, 0.15) is 11.6 Å². The van der Waals surface area contributed by atoms with Crippen molar-refractivity contribution in [3.8, 4) is 17.5 Å². The summed E-state index contributed by atoms with van der Waals surface area (Å²) in [6.07, 6.45) is 3.88. The van der Waals surface area contributed by atoms with E-state index in [4.69, 9.17) is 0 Å². The second-order valence-electron chi connectivity index (χ2n) is 4.48. The lowest BCUT2D eigenvalue weighted by Crippen LogP contribution is -1.90. The first-order valence-corrected chi connectivity index (χ1v) is 6.43. The second-order valence-corrected chi connectivity index (χ2v) is 4.48. The minimum atomic E-state index is -0.647. The van der Waals surface area contributed by atoms with Crippen molar-refractivity contribution < 1.29 is 8.78 Å². The van der Waals surface area contributed by atoms with E-state index in [-0.39, 0.29) is 5.56 Å². The molecule has 102 valence electrons. The minimum absolute atomic E-state index is 0.202. The van der Waals surface area contributed by atoms with Crippen LogP contribution in [0.1, 0.15) is 11.1 Å². The van der Waals surface area contributed by atoms with Crippen LogP contribution in [-0.4, -0.2) is 4.57 Å². The van der Waals surface area contributed by atoms with Gasteiger partial charge in [0.25, 0.3) is 0 Å². The molecule has 0 fully saturated rings. The van der Waals surface area contributed by atoms with Gasteiger partial charge in [0, 0.05) is 23.6 Å². The highest BCUT2D eigenvalue weighted by molar-refractivity contribution is 5.46. The molecule has 3 aromatic rings. The first-order valence-electron chi connectivity index (χ1n) is 6.43. The number of hydrogen-bond donors (Lipinski definition) is 0. The molecule has 1 aromatic heterocycles. The molecule has 0 N–H and O–H groups in total. The van der Waals surface area contributed by atoms with Gasteiger partial charge in [-0.2, -0.15) is 0 Å². The lowest BCUT2D eigenvalue weighted by Gasteiger charge is -2.02. The van der Waals surface area contributed by atoms with Gasteiger partial charge in [-0.05, 0) is 48.5 Å². The Bertz CT molecular complexity index is 786. The van der Waals surface area contributed by atoms with Crippen LogP contribution in [0.4, 0.5) is 8.78 Å². The molecule has 3 heteroatoms. The summed E-state index contributed by atoms with van der Waals surface area (Å²) in [6.45, 7) is 0. The summed E-state index contributed by atoms with van der Waals surface area (Å²) in [5.41, 5.74) is 1.50. The molecule has 0 aliphatic rings. The molecule has 0 bridgehead atoms. The Kier molecular flexibility index (Phi) is 3.53. The molecule has 0 radical (unpaired) electrons. The van der Waals surface area contributed by atoms with Crippen LogP contribution in [0, 0.1) is 23.5 Å². The monoisotopic (exact) mass is 279 g/mol. The summed E-state index contributed by atoms with van der Waals surface area (Å²) in [4.78, 5) is 0. The van der Waals surface area contributed by atoms with Crippen molar-refractivity contribution in [2.45, 2.75) is 0 Å². The maximum Gasteiger partial charge on any atom is 0.141 e. The largest absolute Gasteiger partial charge is 0.324 e. The third-order valence-corrected chi connectivity index (χ3v) is 3.06. The van der Waals surface area contributed by atoms with Crippen LogP contribution in [-0.2, 0) is 0 Å². The number of rotatable bonds is 1. The third kappa shape index (κ3) is 2.85. The molecule has 0 aliphatic heterocycles. The third-order valence-electron chi connectivity index (χ3n) is 3.06. The molecule has 0 amide bonds. The van der Waals surface area contributed by atoms with Crippen molar-refractivity contribution in [3.05, 3.63) is 89.8 Å². The Labute approximate surface area is 121 Å². The van der Waals surface area contributed by atoms with Crippen molar-refractivity contribution in [2.75, 3.05) is 0 Å². The first kappa shape index (κ1) is 13.1. The van der Waals surface area contributed by atoms with Gasteiger partial charge in [-0.25, -0.2) is 8.78 Å². The molecular formula is C18H11F2N. The number of nitrogens with zero attached hydrogens (tertiary/aromatic N) is 1. The molecule has 0 unspecified atom stereocenters. The maximum absolute atomic E-state index is 13.5. The summed E-state index contributed by atoms with van der Waals surface area (Å²) in [7, 11) is 0. The standard InChI is InChI=1S/C18H11F2N/c19-17-4-3-5-18(20)16(17)11-8-14-6-9-15(10-7-14)21-12-1-2-13-21/h1-7,9-10,12-13H. The van der Waals surface area contributed by atoms with Crippen LogP contribution in [0.5, 0.6) is 0 Å². The molecule has 0 saturated heterocycles. The molecule has 2 aromatic carbocycles. The Hall–Kier alpha value is -2.86. The highest BCUT2D eigenvalue weighted by Crippen LogP contribution is 2.12. The van der Waals surface area contributed by atoms with Gasteiger partial charge < -0.3 is 4.57 Å². The van der Waals surface area contributed by atoms with Gasteiger partial charge in [-0.3, -0.25) is 0 Å². The Morgan fingerprint density at radius 2 is 1.33 bits per heavy atom. The number of aromatic nitrogens is 1. The van der Waals surface area contributed by atoms with Gasteiger partial charge in [-0.1, -0.05) is 17.9 Å². The quantitative estimate of drug-likeness (QED) is 0.590. The Balaban J connectivity index is 1.88. The van der Waals surface area contributed by atoms with Crippen LogP contribution in [0.3, 0.4) is 0 Å². The molecule has 0 atom stereocenters. The summed E-state index contributed by atoms with van der Waals surface area (Å²) >= 11 is 0. The van der Waals surface area contributed by atoms with Crippen molar-refractivity contribution in [1.29, 1.82) is 0 Å². The van der Waals surface area contributed by atoms with E-state index in [1.54, 1.807) is 0 Å². The molecule has 0 saturated carbocycles. The molecule has 21 heavy (non-hydrogen) atoms. The smallest absolute Gasteiger partial charge is 0.141 e. The van der Waals surface area contributed by atoms with E-state index in [0.717, 1.165) is 5.69 Å². The van der Waals surface area contributed by atoms with Crippen LogP contribution in [0.2, 0.25) is 0 Å². The van der Waals surface area contributed by atoms with E-state index in [0.29, 0.717) is 5.56 Å². The fraction of sp³-hybridized carbons (Fsp3) is 0. The summed E-state index contributed by atoms with van der Waals surface area (Å²) in [5.74, 6) is 4.03. The van der Waals surface area contributed by atoms with E-state index in [9.17, 15) is 8.78 Å². The van der Waals surface area contributed by atoms with Crippen molar-refractivity contribution in [1.82, 2.24) is 4.57 Å². The Morgan fingerprint density at radius 3 is 1.95 bits per heavy atom. The number of benzene rings is 2. The molecule has 0 spiro atoms. The summed E-state index contributed by atoms with van der Waals surface area (Å²) in [6, 6.07) is 15.0. The second kappa shape index (κ2) is 5.64. The SMILES string of the molecule is Fc1cccc(F)c1C#Cc1ccc(-n2cccc2)cc1. The van der Waals surface area contributed by atoms with E-state index in [1.807, 2.05) is 53.4 Å². The van der Waals surface area contributed by atoms with Crippen molar-refractivity contribution >= 4 is 0 Å². The molecule has 1 nitrogen and oxygen atoms in total. The van der Waals surface area contributed by atoms with Gasteiger partial charge in [0.2, 0.25) is 0 Å². The van der Waals surface area contributed by atoms with Crippen molar-refractivity contribution in [2.24, 2.45) is 0 Å². The molecule has 0 aliphatic carbocycles. The number of hydrogen-bond acceptors (Lipinski definition) is 0. The lowest BCUT2D eigenvalue weighted by molar-refractivity contribution is 0.577. The zero-order valence-corrected chi connectivity index (χ0v) is 11.1.